The highest BCUT2D eigenvalue weighted by Gasteiger charge is 2.38. The summed E-state index contributed by atoms with van der Waals surface area (Å²) in [4.78, 5) is 12.3. The molecule has 3 N–H and O–H groups in total. The summed E-state index contributed by atoms with van der Waals surface area (Å²) < 4.78 is 5.45. The Hall–Kier alpha value is -1.92. The molecule has 2 unspecified atom stereocenters. The van der Waals surface area contributed by atoms with Gasteiger partial charge < -0.3 is 4.74 Å². The van der Waals surface area contributed by atoms with Gasteiger partial charge in [-0.05, 0) is 68.4 Å². The Morgan fingerprint density at radius 3 is 2.62 bits per heavy atom. The van der Waals surface area contributed by atoms with E-state index in [1.165, 1.54) is 12.8 Å². The predicted molar refractivity (Wildman–Crippen MR) is 93.8 cm³/mol. The third-order valence-corrected chi connectivity index (χ3v) is 4.57. The largest absolute Gasteiger partial charge is 0.494 e. The average Bonchev–Trinajstić information content (AvgIpc) is 3.34. The number of amides is 1. The average molecular weight is 330 g/mol. The third-order valence-electron chi connectivity index (χ3n) is 4.57. The molecule has 6 nitrogen and oxygen atoms in total. The molecule has 1 saturated carbocycles. The number of carbonyl (C=O) groups excluding carboxylic acids is 1. The second kappa shape index (κ2) is 7.77. The molecule has 0 spiro atoms. The molecular formula is C18H26N4O2. The molecule has 1 saturated heterocycles. The van der Waals surface area contributed by atoms with Crippen LogP contribution in [0.15, 0.2) is 29.4 Å². The van der Waals surface area contributed by atoms with Gasteiger partial charge in [0.1, 0.15) is 11.8 Å². The molecule has 1 aliphatic heterocycles. The lowest BCUT2D eigenvalue weighted by Crippen LogP contribution is -2.42. The van der Waals surface area contributed by atoms with E-state index < -0.39 is 0 Å². The Morgan fingerprint density at radius 2 is 2.00 bits per heavy atom. The van der Waals surface area contributed by atoms with Crippen molar-refractivity contribution in [1.82, 2.24) is 16.3 Å². The maximum Gasteiger partial charge on any atom is 0.258 e. The van der Waals surface area contributed by atoms with Crippen LogP contribution >= 0.6 is 0 Å². The van der Waals surface area contributed by atoms with E-state index in [2.05, 4.69) is 21.4 Å². The molecule has 1 aliphatic carbocycles. The monoisotopic (exact) mass is 330 g/mol. The first-order valence-corrected chi connectivity index (χ1v) is 8.82. The highest BCUT2D eigenvalue weighted by molar-refractivity contribution is 6.01. The Bertz CT molecular complexity index is 596. The Kier molecular flexibility index (Phi) is 5.48. The van der Waals surface area contributed by atoms with Crippen molar-refractivity contribution in [2.75, 3.05) is 6.61 Å². The number of nitrogens with one attached hydrogen (secondary N) is 3. The number of ether oxygens (including phenoxy) is 1. The van der Waals surface area contributed by atoms with Gasteiger partial charge in [0.15, 0.2) is 0 Å². The summed E-state index contributed by atoms with van der Waals surface area (Å²) in [5.74, 6) is 1.49. The summed E-state index contributed by atoms with van der Waals surface area (Å²) in [6, 6.07) is 8.00. The summed E-state index contributed by atoms with van der Waals surface area (Å²) in [5.41, 5.74) is 10.9. The maximum absolute atomic E-state index is 12.3. The molecule has 0 aromatic heterocycles. The van der Waals surface area contributed by atoms with Gasteiger partial charge in [-0.3, -0.25) is 10.2 Å². The quantitative estimate of drug-likeness (QED) is 0.528. The van der Waals surface area contributed by atoms with Crippen molar-refractivity contribution in [2.45, 2.75) is 51.6 Å². The summed E-state index contributed by atoms with van der Waals surface area (Å²) >= 11 is 0. The summed E-state index contributed by atoms with van der Waals surface area (Å²) in [6.07, 6.45) is 4.11. The Balaban J connectivity index is 1.57. The van der Waals surface area contributed by atoms with Gasteiger partial charge in [-0.25, -0.2) is 10.9 Å². The fraction of sp³-hybridized carbons (Fsp3) is 0.556. The molecule has 1 heterocycles. The van der Waals surface area contributed by atoms with E-state index in [0.717, 1.165) is 35.8 Å². The molecule has 0 bridgehead atoms. The van der Waals surface area contributed by atoms with Gasteiger partial charge in [-0.15, -0.1) is 0 Å². The Labute approximate surface area is 143 Å². The molecule has 3 rings (SSSR count). The van der Waals surface area contributed by atoms with Crippen LogP contribution in [0.4, 0.5) is 0 Å². The van der Waals surface area contributed by atoms with Crippen LogP contribution in [0.25, 0.3) is 0 Å². The Morgan fingerprint density at radius 1 is 1.25 bits per heavy atom. The first-order valence-electron chi connectivity index (χ1n) is 8.82. The van der Waals surface area contributed by atoms with Crippen LogP contribution < -0.4 is 21.0 Å². The molecular weight excluding hydrogens is 304 g/mol. The van der Waals surface area contributed by atoms with E-state index in [4.69, 9.17) is 4.74 Å². The third kappa shape index (κ3) is 4.13. The molecule has 1 amide bonds. The molecule has 6 heteroatoms. The van der Waals surface area contributed by atoms with Crippen molar-refractivity contribution in [3.63, 3.8) is 0 Å². The van der Waals surface area contributed by atoms with Crippen LogP contribution in [0.5, 0.6) is 5.75 Å². The molecule has 130 valence electrons. The van der Waals surface area contributed by atoms with E-state index >= 15 is 0 Å². The zero-order valence-electron chi connectivity index (χ0n) is 14.3. The first kappa shape index (κ1) is 16.9. The van der Waals surface area contributed by atoms with Crippen LogP contribution in [0.3, 0.4) is 0 Å². The molecule has 2 atom stereocenters. The van der Waals surface area contributed by atoms with Crippen LogP contribution in [0, 0.1) is 5.92 Å². The first-order chi connectivity index (χ1) is 11.7. The van der Waals surface area contributed by atoms with Gasteiger partial charge in [0.05, 0.1) is 12.3 Å². The second-order valence-electron chi connectivity index (χ2n) is 6.37. The summed E-state index contributed by atoms with van der Waals surface area (Å²) in [6.45, 7) is 4.64. The van der Waals surface area contributed by atoms with Crippen LogP contribution in [0.2, 0.25) is 0 Å². The van der Waals surface area contributed by atoms with Crippen LogP contribution in [-0.2, 0) is 4.79 Å². The SMILES string of the molecule is CCOc1ccc(/C(CC)=N/NC(=O)C2CC(C3CC3)NN2)cc1. The van der Waals surface area contributed by atoms with E-state index in [1.807, 2.05) is 38.1 Å². The normalized spacial score (nSPS) is 24.0. The standard InChI is InChI=1S/C18H26N4O2/c1-3-15(12-7-9-14(10-8-12)24-4-2)19-22-18(23)17-11-16(20-21-17)13-5-6-13/h7-10,13,16-17,20-21H,3-6,11H2,1-2H3,(H,22,23)/b19-15+. The predicted octanol–water partition coefficient (Wildman–Crippen LogP) is 1.96. The van der Waals surface area contributed by atoms with Crippen LogP contribution in [-0.4, -0.2) is 30.3 Å². The number of rotatable bonds is 7. The van der Waals surface area contributed by atoms with Crippen molar-refractivity contribution in [1.29, 1.82) is 0 Å². The van der Waals surface area contributed by atoms with Crippen molar-refractivity contribution in [3.05, 3.63) is 29.8 Å². The van der Waals surface area contributed by atoms with Crippen molar-refractivity contribution < 1.29 is 9.53 Å². The lowest BCUT2D eigenvalue weighted by Gasteiger charge is -2.10. The van der Waals surface area contributed by atoms with Gasteiger partial charge in [0.25, 0.3) is 5.91 Å². The lowest BCUT2D eigenvalue weighted by molar-refractivity contribution is -0.122. The van der Waals surface area contributed by atoms with E-state index in [9.17, 15) is 4.79 Å². The zero-order chi connectivity index (χ0) is 16.9. The smallest absolute Gasteiger partial charge is 0.258 e. The van der Waals surface area contributed by atoms with Gasteiger partial charge >= 0.3 is 0 Å². The van der Waals surface area contributed by atoms with Gasteiger partial charge in [0.2, 0.25) is 0 Å². The van der Waals surface area contributed by atoms with E-state index in [1.54, 1.807) is 0 Å². The number of hydrazine groups is 1. The summed E-state index contributed by atoms with van der Waals surface area (Å²) in [7, 11) is 0. The van der Waals surface area contributed by atoms with Crippen molar-refractivity contribution >= 4 is 11.6 Å². The van der Waals surface area contributed by atoms with Crippen molar-refractivity contribution in [2.24, 2.45) is 11.0 Å². The number of hydrogen-bond donors (Lipinski definition) is 3. The molecule has 1 aromatic rings. The van der Waals surface area contributed by atoms with E-state index in [0.29, 0.717) is 12.6 Å². The molecule has 2 fully saturated rings. The fourth-order valence-corrected chi connectivity index (χ4v) is 3.02. The second-order valence-corrected chi connectivity index (χ2v) is 6.37. The number of hydrazone groups is 1. The van der Waals surface area contributed by atoms with Crippen LogP contribution in [0.1, 0.15) is 45.1 Å². The molecule has 2 aliphatic rings. The number of carbonyl (C=O) groups is 1. The van der Waals surface area contributed by atoms with Crippen molar-refractivity contribution in [3.8, 4) is 5.75 Å². The number of benzene rings is 1. The fourth-order valence-electron chi connectivity index (χ4n) is 3.02. The highest BCUT2D eigenvalue weighted by atomic mass is 16.5. The lowest BCUT2D eigenvalue weighted by atomic mass is 10.1. The minimum absolute atomic E-state index is 0.0810. The van der Waals surface area contributed by atoms with E-state index in [-0.39, 0.29) is 11.9 Å². The minimum atomic E-state index is -0.210. The summed E-state index contributed by atoms with van der Waals surface area (Å²) in [5, 5.41) is 4.33. The number of nitrogens with zero attached hydrogens (tertiary/aromatic N) is 1. The van der Waals surface area contributed by atoms with Gasteiger partial charge in [0, 0.05) is 6.04 Å². The zero-order valence-corrected chi connectivity index (χ0v) is 14.3. The maximum atomic E-state index is 12.3. The molecule has 0 radical (unpaired) electrons. The minimum Gasteiger partial charge on any atom is -0.494 e. The van der Waals surface area contributed by atoms with Gasteiger partial charge in [-0.1, -0.05) is 6.92 Å². The van der Waals surface area contributed by atoms with Gasteiger partial charge in [-0.2, -0.15) is 5.10 Å². The number of hydrogen-bond acceptors (Lipinski definition) is 5. The molecule has 1 aromatic carbocycles. The topological polar surface area (TPSA) is 74.8 Å². The molecule has 24 heavy (non-hydrogen) atoms. The highest BCUT2D eigenvalue weighted by Crippen LogP contribution is 2.35.